The first kappa shape index (κ1) is 19.9. The van der Waals surface area contributed by atoms with Crippen molar-refractivity contribution in [3.63, 3.8) is 0 Å². The minimum absolute atomic E-state index is 0.00438. The third-order valence-electron chi connectivity index (χ3n) is 4.34. The molecule has 3 amide bonds. The molecule has 1 aromatic carbocycles. The van der Waals surface area contributed by atoms with E-state index >= 15 is 0 Å². The fourth-order valence-corrected chi connectivity index (χ4v) is 3.20. The summed E-state index contributed by atoms with van der Waals surface area (Å²) < 4.78 is 53.8. The van der Waals surface area contributed by atoms with Crippen LogP contribution in [0.2, 0.25) is 5.02 Å². The Kier molecular flexibility index (Phi) is 4.96. The number of benzene rings is 1. The number of carbonyl (C=O) groups is 2. The Hall–Kier alpha value is -2.82. The van der Waals surface area contributed by atoms with E-state index in [1.165, 1.54) is 19.2 Å². The van der Waals surface area contributed by atoms with Crippen LogP contribution in [0.5, 0.6) is 0 Å². The number of nitrogens with one attached hydrogen (secondary N) is 1. The summed E-state index contributed by atoms with van der Waals surface area (Å²) in [6.07, 6.45) is -4.70. The van der Waals surface area contributed by atoms with Gasteiger partial charge in [0.2, 0.25) is 5.91 Å². The minimum Gasteiger partial charge on any atom is -0.368 e. The lowest BCUT2D eigenvalue weighted by atomic mass is 10.0. The number of alkyl halides is 3. The zero-order valence-electron chi connectivity index (χ0n) is 14.3. The maximum absolute atomic E-state index is 13.6. The number of carbonyl (C=O) groups excluding carboxylic acids is 2. The van der Waals surface area contributed by atoms with Crippen LogP contribution in [0.4, 0.5) is 22.4 Å². The standard InChI is InChI=1S/C16H14ClF4N5O2/c1-25-11(5-12(24-25)16(19,20)21)13(7-2-3-9(18)8(17)4-7)26-6-10(14(22)27)23-15(26)28/h2-5,10,13H,6H2,1H3,(H2,22,27)(H,23,28)/t10?,13-/m0/s1. The Bertz CT molecular complexity index is 946. The molecule has 12 heteroatoms. The molecule has 1 aliphatic heterocycles. The second-order valence-corrected chi connectivity index (χ2v) is 6.62. The lowest BCUT2D eigenvalue weighted by Gasteiger charge is -2.27. The highest BCUT2D eigenvalue weighted by Crippen LogP contribution is 2.36. The number of urea groups is 1. The number of aryl methyl sites for hydroxylation is 1. The van der Waals surface area contributed by atoms with Gasteiger partial charge >= 0.3 is 12.2 Å². The highest BCUT2D eigenvalue weighted by molar-refractivity contribution is 6.30. The molecule has 1 saturated heterocycles. The Morgan fingerprint density at radius 3 is 2.57 bits per heavy atom. The van der Waals surface area contributed by atoms with Crippen LogP contribution >= 0.6 is 11.6 Å². The van der Waals surface area contributed by atoms with Crippen LogP contribution in [0.15, 0.2) is 24.3 Å². The Labute approximate surface area is 161 Å². The van der Waals surface area contributed by atoms with Gasteiger partial charge in [-0.3, -0.25) is 9.48 Å². The minimum atomic E-state index is -4.70. The SMILES string of the molecule is Cn1nc(C(F)(F)F)cc1[C@H](c1ccc(F)c(Cl)c1)N1CC(C(N)=O)NC1=O. The molecule has 1 unspecified atom stereocenters. The predicted octanol–water partition coefficient (Wildman–Crippen LogP) is 2.20. The molecule has 1 aromatic heterocycles. The normalized spacial score (nSPS) is 18.3. The molecule has 0 saturated carbocycles. The molecule has 3 rings (SSSR count). The van der Waals surface area contributed by atoms with E-state index < -0.39 is 41.7 Å². The average molecular weight is 420 g/mol. The van der Waals surface area contributed by atoms with E-state index in [9.17, 15) is 27.2 Å². The summed E-state index contributed by atoms with van der Waals surface area (Å²) in [6.45, 7) is -0.194. The molecular weight excluding hydrogens is 406 g/mol. The molecule has 0 radical (unpaired) electrons. The summed E-state index contributed by atoms with van der Waals surface area (Å²) in [4.78, 5) is 24.9. The van der Waals surface area contributed by atoms with E-state index in [4.69, 9.17) is 17.3 Å². The molecule has 7 nitrogen and oxygen atoms in total. The maximum atomic E-state index is 13.6. The average Bonchev–Trinajstić information content (AvgIpc) is 3.15. The van der Waals surface area contributed by atoms with Gasteiger partial charge in [0.1, 0.15) is 17.9 Å². The van der Waals surface area contributed by atoms with Gasteiger partial charge in [0.15, 0.2) is 5.69 Å². The van der Waals surface area contributed by atoms with Crippen LogP contribution in [0.3, 0.4) is 0 Å². The number of rotatable bonds is 4. The number of hydrogen-bond donors (Lipinski definition) is 2. The largest absolute Gasteiger partial charge is 0.435 e. The quantitative estimate of drug-likeness (QED) is 0.744. The number of primary amides is 1. The molecule has 150 valence electrons. The molecule has 1 fully saturated rings. The fraction of sp³-hybridized carbons (Fsp3) is 0.312. The Balaban J connectivity index is 2.13. The van der Waals surface area contributed by atoms with Gasteiger partial charge < -0.3 is 16.0 Å². The Morgan fingerprint density at radius 1 is 1.39 bits per heavy atom. The van der Waals surface area contributed by atoms with Crippen molar-refractivity contribution in [2.24, 2.45) is 12.8 Å². The topological polar surface area (TPSA) is 93.2 Å². The van der Waals surface area contributed by atoms with Gasteiger partial charge in [-0.25, -0.2) is 9.18 Å². The van der Waals surface area contributed by atoms with E-state index in [2.05, 4.69) is 10.4 Å². The lowest BCUT2D eigenvalue weighted by Crippen LogP contribution is -2.39. The van der Waals surface area contributed by atoms with Crippen molar-refractivity contribution in [3.8, 4) is 0 Å². The van der Waals surface area contributed by atoms with Gasteiger partial charge in [-0.05, 0) is 23.8 Å². The van der Waals surface area contributed by atoms with Crippen molar-refractivity contribution in [3.05, 3.63) is 52.1 Å². The molecule has 3 N–H and O–H groups in total. The second-order valence-electron chi connectivity index (χ2n) is 6.21. The molecule has 1 aliphatic rings. The molecular formula is C16H14ClF4N5O2. The number of nitrogens with two attached hydrogens (primary N) is 1. The van der Waals surface area contributed by atoms with E-state index in [-0.39, 0.29) is 22.8 Å². The van der Waals surface area contributed by atoms with Gasteiger partial charge in [0, 0.05) is 7.05 Å². The first-order chi connectivity index (χ1) is 13.0. The van der Waals surface area contributed by atoms with Gasteiger partial charge in [0.25, 0.3) is 0 Å². The molecule has 28 heavy (non-hydrogen) atoms. The van der Waals surface area contributed by atoms with Gasteiger partial charge in [-0.15, -0.1) is 0 Å². The smallest absolute Gasteiger partial charge is 0.368 e. The first-order valence-electron chi connectivity index (χ1n) is 7.91. The molecule has 2 aromatic rings. The van der Waals surface area contributed by atoms with E-state index in [0.717, 1.165) is 21.7 Å². The summed E-state index contributed by atoms with van der Waals surface area (Å²) in [6, 6.07) is 1.45. The van der Waals surface area contributed by atoms with Crippen molar-refractivity contribution in [1.29, 1.82) is 0 Å². The number of amides is 3. The molecule has 0 spiro atoms. The summed E-state index contributed by atoms with van der Waals surface area (Å²) in [5.41, 5.74) is 4.29. The number of aromatic nitrogens is 2. The van der Waals surface area contributed by atoms with Crippen LogP contribution in [0.25, 0.3) is 0 Å². The van der Waals surface area contributed by atoms with Crippen LogP contribution in [0, 0.1) is 5.82 Å². The van der Waals surface area contributed by atoms with E-state index in [1.807, 2.05) is 0 Å². The number of halogens is 5. The van der Waals surface area contributed by atoms with Crippen molar-refractivity contribution >= 4 is 23.5 Å². The van der Waals surface area contributed by atoms with Gasteiger partial charge in [-0.1, -0.05) is 17.7 Å². The van der Waals surface area contributed by atoms with Gasteiger partial charge in [-0.2, -0.15) is 18.3 Å². The van der Waals surface area contributed by atoms with Crippen molar-refractivity contribution in [2.75, 3.05) is 6.54 Å². The lowest BCUT2D eigenvalue weighted by molar-refractivity contribution is -0.141. The van der Waals surface area contributed by atoms with Crippen molar-refractivity contribution in [1.82, 2.24) is 20.0 Å². The fourth-order valence-electron chi connectivity index (χ4n) is 3.01. The van der Waals surface area contributed by atoms with Crippen molar-refractivity contribution < 1.29 is 27.2 Å². The highest BCUT2D eigenvalue weighted by atomic mass is 35.5. The van der Waals surface area contributed by atoms with Gasteiger partial charge in [0.05, 0.1) is 17.3 Å². The van der Waals surface area contributed by atoms with Crippen LogP contribution in [-0.2, 0) is 18.0 Å². The Morgan fingerprint density at radius 2 is 2.07 bits per heavy atom. The third-order valence-corrected chi connectivity index (χ3v) is 4.63. The maximum Gasteiger partial charge on any atom is 0.435 e. The first-order valence-corrected chi connectivity index (χ1v) is 8.29. The monoisotopic (exact) mass is 419 g/mol. The van der Waals surface area contributed by atoms with Crippen molar-refractivity contribution in [2.45, 2.75) is 18.3 Å². The molecule has 0 bridgehead atoms. The predicted molar refractivity (Wildman–Crippen MR) is 89.7 cm³/mol. The summed E-state index contributed by atoms with van der Waals surface area (Å²) >= 11 is 5.81. The van der Waals surface area contributed by atoms with Crippen LogP contribution in [0.1, 0.15) is 23.0 Å². The third kappa shape index (κ3) is 3.61. The number of nitrogens with zero attached hydrogens (tertiary/aromatic N) is 3. The van der Waals surface area contributed by atoms with Crippen LogP contribution < -0.4 is 11.1 Å². The van der Waals surface area contributed by atoms with Crippen LogP contribution in [-0.4, -0.2) is 39.2 Å². The zero-order chi connectivity index (χ0) is 20.8. The second kappa shape index (κ2) is 6.97. The summed E-state index contributed by atoms with van der Waals surface area (Å²) in [7, 11) is 1.28. The molecule has 2 heterocycles. The summed E-state index contributed by atoms with van der Waals surface area (Å²) in [5.74, 6) is -1.53. The molecule has 2 atom stereocenters. The highest BCUT2D eigenvalue weighted by Gasteiger charge is 2.41. The zero-order valence-corrected chi connectivity index (χ0v) is 15.1. The van der Waals surface area contributed by atoms with E-state index in [1.54, 1.807) is 0 Å². The summed E-state index contributed by atoms with van der Waals surface area (Å²) in [5, 5.41) is 5.54. The number of hydrogen-bond acceptors (Lipinski definition) is 3. The molecule has 0 aliphatic carbocycles. The van der Waals surface area contributed by atoms with E-state index in [0.29, 0.717) is 0 Å².